The first-order valence-corrected chi connectivity index (χ1v) is 7.86. The Morgan fingerprint density at radius 1 is 1.20 bits per heavy atom. The fourth-order valence-electron chi connectivity index (χ4n) is 2.77. The van der Waals surface area contributed by atoms with Gasteiger partial charge in [-0.05, 0) is 45.3 Å². The molecule has 1 aromatic heterocycles. The largest absolute Gasteiger partial charge is 0.317 e. The van der Waals surface area contributed by atoms with Gasteiger partial charge in [-0.25, -0.2) is 4.98 Å². The molecule has 0 atom stereocenters. The maximum absolute atomic E-state index is 4.89. The van der Waals surface area contributed by atoms with Gasteiger partial charge in [-0.2, -0.15) is 0 Å². The molecule has 2 aromatic rings. The molecule has 3 rings (SSSR count). The lowest BCUT2D eigenvalue weighted by atomic mass is 9.99. The number of hydrogen-bond donors (Lipinski definition) is 1. The van der Waals surface area contributed by atoms with Crippen LogP contribution in [0.5, 0.6) is 0 Å². The number of halogens is 1. The first-order valence-electron chi connectivity index (χ1n) is 6.98. The van der Waals surface area contributed by atoms with Crippen LogP contribution in [-0.2, 0) is 0 Å². The second kappa shape index (κ2) is 6.70. The van der Waals surface area contributed by atoms with Crippen molar-refractivity contribution in [2.24, 2.45) is 0 Å². The fourth-order valence-corrected chi connectivity index (χ4v) is 3.76. The second-order valence-electron chi connectivity index (χ2n) is 5.41. The number of nitrogens with zero attached hydrogens (tertiary/aromatic N) is 1. The average molecular weight is 309 g/mol. The van der Waals surface area contributed by atoms with E-state index in [9.17, 15) is 0 Å². The first-order chi connectivity index (χ1) is 9.24. The number of thiazole rings is 1. The molecule has 0 radical (unpaired) electrons. The van der Waals surface area contributed by atoms with Gasteiger partial charge in [0.25, 0.3) is 0 Å². The van der Waals surface area contributed by atoms with E-state index in [1.54, 1.807) is 0 Å². The number of benzene rings is 1. The van der Waals surface area contributed by atoms with Crippen molar-refractivity contribution in [3.63, 3.8) is 0 Å². The number of aryl methyl sites for hydroxylation is 2. The minimum absolute atomic E-state index is 0. The van der Waals surface area contributed by atoms with E-state index < -0.39 is 0 Å². The number of piperidine rings is 1. The van der Waals surface area contributed by atoms with Crippen LogP contribution in [0, 0.1) is 13.8 Å². The Morgan fingerprint density at radius 2 is 1.95 bits per heavy atom. The summed E-state index contributed by atoms with van der Waals surface area (Å²) in [5.74, 6) is 0.658. The molecule has 1 saturated heterocycles. The Bertz CT molecular complexity index is 574. The van der Waals surface area contributed by atoms with Crippen molar-refractivity contribution in [1.29, 1.82) is 0 Å². The minimum atomic E-state index is 0. The van der Waals surface area contributed by atoms with E-state index in [1.807, 2.05) is 11.3 Å². The van der Waals surface area contributed by atoms with Gasteiger partial charge in [0, 0.05) is 16.9 Å². The molecule has 0 spiro atoms. The fraction of sp³-hybridized carbons (Fsp3) is 0.438. The highest BCUT2D eigenvalue weighted by molar-refractivity contribution is 7.10. The van der Waals surface area contributed by atoms with Crippen LogP contribution in [0.1, 0.15) is 34.9 Å². The van der Waals surface area contributed by atoms with E-state index in [4.69, 9.17) is 4.98 Å². The van der Waals surface area contributed by atoms with E-state index in [1.165, 1.54) is 34.5 Å². The summed E-state index contributed by atoms with van der Waals surface area (Å²) >= 11 is 1.82. The van der Waals surface area contributed by atoms with Crippen molar-refractivity contribution in [3.8, 4) is 11.3 Å². The number of aromatic nitrogens is 1. The molecule has 1 fully saturated rings. The lowest BCUT2D eigenvalue weighted by molar-refractivity contribution is 0.459. The molecule has 0 aliphatic carbocycles. The van der Waals surface area contributed by atoms with Crippen LogP contribution in [0.2, 0.25) is 0 Å². The van der Waals surface area contributed by atoms with E-state index in [2.05, 4.69) is 42.7 Å². The lowest BCUT2D eigenvalue weighted by Crippen LogP contribution is -2.26. The van der Waals surface area contributed by atoms with Gasteiger partial charge in [-0.15, -0.1) is 23.7 Å². The third kappa shape index (κ3) is 3.22. The number of nitrogens with one attached hydrogen (secondary N) is 1. The van der Waals surface area contributed by atoms with Gasteiger partial charge >= 0.3 is 0 Å². The first kappa shape index (κ1) is 15.5. The molecule has 108 valence electrons. The Hall–Kier alpha value is -0.900. The highest BCUT2D eigenvalue weighted by atomic mass is 35.5. The van der Waals surface area contributed by atoms with E-state index in [-0.39, 0.29) is 12.4 Å². The number of rotatable bonds is 2. The molecule has 2 nitrogen and oxygen atoms in total. The summed E-state index contributed by atoms with van der Waals surface area (Å²) in [6, 6.07) is 6.61. The maximum atomic E-state index is 4.89. The van der Waals surface area contributed by atoms with Gasteiger partial charge in [0.05, 0.1) is 10.7 Å². The molecule has 0 bridgehead atoms. The summed E-state index contributed by atoms with van der Waals surface area (Å²) in [7, 11) is 0. The molecule has 0 saturated carbocycles. The molecule has 1 aliphatic heterocycles. The molecular formula is C16H21ClN2S. The van der Waals surface area contributed by atoms with Gasteiger partial charge in [0.2, 0.25) is 0 Å². The topological polar surface area (TPSA) is 24.9 Å². The quantitative estimate of drug-likeness (QED) is 0.894. The molecule has 1 aliphatic rings. The predicted molar refractivity (Wildman–Crippen MR) is 89.1 cm³/mol. The van der Waals surface area contributed by atoms with Gasteiger partial charge in [-0.1, -0.05) is 23.8 Å². The van der Waals surface area contributed by atoms with Crippen molar-refractivity contribution < 1.29 is 0 Å². The van der Waals surface area contributed by atoms with Gasteiger partial charge in [0.15, 0.2) is 0 Å². The maximum Gasteiger partial charge on any atom is 0.0964 e. The molecular weight excluding hydrogens is 288 g/mol. The van der Waals surface area contributed by atoms with Crippen molar-refractivity contribution in [2.45, 2.75) is 32.6 Å². The SMILES string of the molecule is Cc1ccc(-c2csc(C3CCNCC3)n2)c(C)c1.Cl. The zero-order valence-corrected chi connectivity index (χ0v) is 13.6. The molecule has 20 heavy (non-hydrogen) atoms. The van der Waals surface area contributed by atoms with Crippen molar-refractivity contribution in [1.82, 2.24) is 10.3 Å². The molecule has 0 amide bonds. The van der Waals surface area contributed by atoms with Crippen LogP contribution in [0.4, 0.5) is 0 Å². The van der Waals surface area contributed by atoms with Crippen LogP contribution in [0.15, 0.2) is 23.6 Å². The number of hydrogen-bond acceptors (Lipinski definition) is 3. The third-order valence-electron chi connectivity index (χ3n) is 3.87. The highest BCUT2D eigenvalue weighted by Crippen LogP contribution is 2.32. The third-order valence-corrected chi connectivity index (χ3v) is 4.88. The van der Waals surface area contributed by atoms with E-state index in [0.29, 0.717) is 5.92 Å². The zero-order chi connectivity index (χ0) is 13.2. The van der Waals surface area contributed by atoms with Crippen LogP contribution >= 0.6 is 23.7 Å². The van der Waals surface area contributed by atoms with Gasteiger partial charge in [0.1, 0.15) is 0 Å². The van der Waals surface area contributed by atoms with Crippen LogP contribution in [0.25, 0.3) is 11.3 Å². The molecule has 1 N–H and O–H groups in total. The average Bonchev–Trinajstić information content (AvgIpc) is 2.89. The van der Waals surface area contributed by atoms with Crippen LogP contribution in [0.3, 0.4) is 0 Å². The molecule has 0 unspecified atom stereocenters. The van der Waals surface area contributed by atoms with Crippen molar-refractivity contribution in [3.05, 3.63) is 39.7 Å². The highest BCUT2D eigenvalue weighted by Gasteiger charge is 2.19. The van der Waals surface area contributed by atoms with E-state index >= 15 is 0 Å². The van der Waals surface area contributed by atoms with Crippen LogP contribution in [-0.4, -0.2) is 18.1 Å². The molecule has 1 aromatic carbocycles. The Morgan fingerprint density at radius 3 is 2.65 bits per heavy atom. The van der Waals surface area contributed by atoms with Gasteiger partial charge < -0.3 is 5.32 Å². The summed E-state index contributed by atoms with van der Waals surface area (Å²) in [5.41, 5.74) is 5.07. The van der Waals surface area contributed by atoms with Crippen molar-refractivity contribution in [2.75, 3.05) is 13.1 Å². The summed E-state index contributed by atoms with van der Waals surface area (Å²) in [5, 5.41) is 6.95. The standard InChI is InChI=1S/C16H20N2S.ClH/c1-11-3-4-14(12(2)9-11)15-10-19-16(18-15)13-5-7-17-8-6-13;/h3-4,9-10,13,17H,5-8H2,1-2H3;1H. The predicted octanol–water partition coefficient (Wildman–Crippen LogP) is 4.32. The zero-order valence-electron chi connectivity index (χ0n) is 12.0. The monoisotopic (exact) mass is 308 g/mol. The Balaban J connectivity index is 0.00000147. The van der Waals surface area contributed by atoms with Crippen LogP contribution < -0.4 is 5.32 Å². The summed E-state index contributed by atoms with van der Waals surface area (Å²) < 4.78 is 0. The minimum Gasteiger partial charge on any atom is -0.317 e. The molecule has 4 heteroatoms. The second-order valence-corrected chi connectivity index (χ2v) is 6.30. The smallest absolute Gasteiger partial charge is 0.0964 e. The molecule has 2 heterocycles. The lowest BCUT2D eigenvalue weighted by Gasteiger charge is -2.20. The Labute approximate surface area is 131 Å². The van der Waals surface area contributed by atoms with Gasteiger partial charge in [-0.3, -0.25) is 0 Å². The van der Waals surface area contributed by atoms with Crippen molar-refractivity contribution >= 4 is 23.7 Å². The summed E-state index contributed by atoms with van der Waals surface area (Å²) in [6.45, 7) is 6.57. The summed E-state index contributed by atoms with van der Waals surface area (Å²) in [4.78, 5) is 4.89. The normalized spacial score (nSPS) is 15.9. The van der Waals surface area contributed by atoms with E-state index in [0.717, 1.165) is 18.8 Å². The Kier molecular flexibility index (Phi) is 5.19. The summed E-state index contributed by atoms with van der Waals surface area (Å²) in [6.07, 6.45) is 2.44.